The lowest BCUT2D eigenvalue weighted by atomic mass is 9.88. The van der Waals surface area contributed by atoms with Crippen molar-refractivity contribution in [3.8, 4) is 11.1 Å². The molecule has 10 heteroatoms. The Bertz CT molecular complexity index is 994. The second-order valence-electron chi connectivity index (χ2n) is 9.19. The highest BCUT2D eigenvalue weighted by molar-refractivity contribution is 5.65. The molecule has 35 heavy (non-hydrogen) atoms. The zero-order valence-corrected chi connectivity index (χ0v) is 19.1. The van der Waals surface area contributed by atoms with Gasteiger partial charge in [0.05, 0.1) is 13.2 Å². The second kappa shape index (κ2) is 10.6. The van der Waals surface area contributed by atoms with Gasteiger partial charge in [-0.2, -0.15) is 0 Å². The van der Waals surface area contributed by atoms with Gasteiger partial charge in [-0.3, -0.25) is 0 Å². The Balaban J connectivity index is 1.54. The van der Waals surface area contributed by atoms with Crippen LogP contribution in [0.15, 0.2) is 42.5 Å². The molecule has 0 radical (unpaired) electrons. The fraction of sp³-hybridized carbons (Fsp3) is 0.520. The van der Waals surface area contributed by atoms with Crippen LogP contribution in [0.3, 0.4) is 0 Å². The molecule has 0 spiro atoms. The summed E-state index contributed by atoms with van der Waals surface area (Å²) in [5.41, 5.74) is 3.63. The lowest BCUT2D eigenvalue weighted by Gasteiger charge is -2.40. The first-order chi connectivity index (χ1) is 16.7. The monoisotopic (exact) mass is 492 g/mol. The van der Waals surface area contributed by atoms with Gasteiger partial charge in [-0.15, -0.1) is 0 Å². The summed E-state index contributed by atoms with van der Waals surface area (Å²) in [6.45, 7) is 0.821. The second-order valence-corrected chi connectivity index (χ2v) is 9.19. The van der Waals surface area contributed by atoms with E-state index < -0.39 is 74.3 Å². The Morgan fingerprint density at radius 2 is 1.09 bits per heavy atom. The van der Waals surface area contributed by atoms with Crippen LogP contribution in [-0.2, 0) is 9.47 Å². The first kappa shape index (κ1) is 26.1. The van der Waals surface area contributed by atoms with Crippen LogP contribution in [0.2, 0.25) is 0 Å². The number of benzene rings is 2. The van der Waals surface area contributed by atoms with Crippen LogP contribution in [0, 0.1) is 6.92 Å². The lowest BCUT2D eigenvalue weighted by molar-refractivity contribution is -0.231. The molecule has 2 aromatic carbocycles. The fourth-order valence-corrected chi connectivity index (χ4v) is 4.78. The van der Waals surface area contributed by atoms with E-state index in [4.69, 9.17) is 9.47 Å². The zero-order chi connectivity index (χ0) is 25.4. The highest BCUT2D eigenvalue weighted by atomic mass is 16.6. The molecule has 192 valence electrons. The van der Waals surface area contributed by atoms with Gasteiger partial charge in [0, 0.05) is 0 Å². The molecule has 2 fully saturated rings. The number of ether oxygens (including phenoxy) is 2. The fourth-order valence-electron chi connectivity index (χ4n) is 4.78. The molecule has 0 bridgehead atoms. The van der Waals surface area contributed by atoms with E-state index in [9.17, 15) is 40.9 Å². The number of hydrogen-bond acceptors (Lipinski definition) is 10. The van der Waals surface area contributed by atoms with Gasteiger partial charge < -0.3 is 50.3 Å². The molecule has 4 rings (SSSR count). The molecule has 2 saturated heterocycles. The third-order valence-corrected chi connectivity index (χ3v) is 6.93. The maximum Gasteiger partial charge on any atom is 0.113 e. The Kier molecular flexibility index (Phi) is 7.89. The van der Waals surface area contributed by atoms with Gasteiger partial charge in [0.25, 0.3) is 0 Å². The van der Waals surface area contributed by atoms with Crippen molar-refractivity contribution in [2.75, 3.05) is 13.2 Å². The average molecular weight is 493 g/mol. The van der Waals surface area contributed by atoms with E-state index in [1.165, 1.54) is 0 Å². The SMILES string of the molecule is Cc1cc(-c2ccc([C@H]3O[C@H](CO)[C@@H](O)[C@H](O)[C@@H]3O)cc2)ccc1[C@H]1O[C@H](CO)[C@@H](O)[C@H](O)[C@@H]1O. The number of hydrogen-bond donors (Lipinski definition) is 8. The zero-order valence-electron chi connectivity index (χ0n) is 19.1. The first-order valence-corrected chi connectivity index (χ1v) is 11.5. The predicted octanol–water partition coefficient (Wildman–Crippen LogP) is -1.31. The minimum Gasteiger partial charge on any atom is -0.394 e. The van der Waals surface area contributed by atoms with Crippen LogP contribution in [0.1, 0.15) is 28.9 Å². The Hall–Kier alpha value is -1.96. The van der Waals surface area contributed by atoms with E-state index in [0.29, 0.717) is 11.1 Å². The highest BCUT2D eigenvalue weighted by Gasteiger charge is 2.45. The van der Waals surface area contributed by atoms with Crippen LogP contribution in [0.25, 0.3) is 11.1 Å². The molecular weight excluding hydrogens is 460 g/mol. The molecule has 0 unspecified atom stereocenters. The van der Waals surface area contributed by atoms with Gasteiger partial charge in [-0.1, -0.05) is 42.5 Å². The summed E-state index contributed by atoms with van der Waals surface area (Å²) < 4.78 is 11.3. The van der Waals surface area contributed by atoms with E-state index in [0.717, 1.165) is 16.7 Å². The van der Waals surface area contributed by atoms with E-state index in [1.54, 1.807) is 30.3 Å². The Morgan fingerprint density at radius 3 is 1.60 bits per heavy atom. The smallest absolute Gasteiger partial charge is 0.113 e. The largest absolute Gasteiger partial charge is 0.394 e. The maximum absolute atomic E-state index is 10.4. The number of aliphatic hydroxyl groups is 8. The molecule has 2 aromatic rings. The Morgan fingerprint density at radius 1 is 0.600 bits per heavy atom. The van der Waals surface area contributed by atoms with Crippen molar-refractivity contribution in [3.63, 3.8) is 0 Å². The number of aryl methyl sites for hydroxylation is 1. The third kappa shape index (κ3) is 4.87. The normalized spacial score (nSPS) is 37.9. The van der Waals surface area contributed by atoms with Gasteiger partial charge >= 0.3 is 0 Å². The summed E-state index contributed by atoms with van der Waals surface area (Å²) >= 11 is 0. The van der Waals surface area contributed by atoms with E-state index in [-0.39, 0.29) is 0 Å². The standard InChI is InChI=1S/C25H32O10/c1-11-8-14(6-7-15(11)25-23(33)21(31)19(29)17(10-27)35-25)12-2-4-13(5-3-12)24-22(32)20(30)18(28)16(9-26)34-24/h2-8,16-33H,9-10H2,1H3/t16-,17-,18-,19-,20+,21+,22+,23+,24-,25-/m1/s1. The predicted molar refractivity (Wildman–Crippen MR) is 122 cm³/mol. The minimum atomic E-state index is -1.46. The van der Waals surface area contributed by atoms with E-state index in [2.05, 4.69) is 0 Å². The van der Waals surface area contributed by atoms with Gasteiger partial charge in [0.2, 0.25) is 0 Å². The highest BCUT2D eigenvalue weighted by Crippen LogP contribution is 2.36. The van der Waals surface area contributed by atoms with Crippen LogP contribution in [0.5, 0.6) is 0 Å². The first-order valence-electron chi connectivity index (χ1n) is 11.5. The Labute approximate surface area is 202 Å². The van der Waals surface area contributed by atoms with Crippen molar-refractivity contribution >= 4 is 0 Å². The molecule has 0 saturated carbocycles. The summed E-state index contributed by atoms with van der Waals surface area (Å²) in [6.07, 6.45) is -12.3. The molecule has 2 aliphatic rings. The van der Waals surface area contributed by atoms with Crippen LogP contribution in [-0.4, -0.2) is 103 Å². The summed E-state index contributed by atoms with van der Waals surface area (Å²) in [5, 5.41) is 79.8. The molecule has 0 aliphatic carbocycles. The van der Waals surface area contributed by atoms with Gasteiger partial charge in [0.1, 0.15) is 61.0 Å². The summed E-state index contributed by atoms with van der Waals surface area (Å²) in [6, 6.07) is 12.5. The quantitative estimate of drug-likeness (QED) is 0.250. The van der Waals surface area contributed by atoms with Crippen LogP contribution < -0.4 is 0 Å². The minimum absolute atomic E-state index is 0.500. The molecule has 0 amide bonds. The third-order valence-electron chi connectivity index (χ3n) is 6.93. The average Bonchev–Trinajstić information content (AvgIpc) is 2.87. The molecule has 8 N–H and O–H groups in total. The molecular formula is C25H32O10. The van der Waals surface area contributed by atoms with Gasteiger partial charge in [-0.05, 0) is 34.7 Å². The summed E-state index contributed by atoms with van der Waals surface area (Å²) in [5.74, 6) is 0. The number of aliphatic hydroxyl groups excluding tert-OH is 8. The molecule has 0 aromatic heterocycles. The summed E-state index contributed by atoms with van der Waals surface area (Å²) in [4.78, 5) is 0. The van der Waals surface area contributed by atoms with Crippen molar-refractivity contribution in [2.45, 2.75) is 68.0 Å². The van der Waals surface area contributed by atoms with Crippen molar-refractivity contribution in [2.24, 2.45) is 0 Å². The van der Waals surface area contributed by atoms with E-state index in [1.807, 2.05) is 19.1 Å². The van der Waals surface area contributed by atoms with Crippen molar-refractivity contribution in [1.29, 1.82) is 0 Å². The maximum atomic E-state index is 10.4. The van der Waals surface area contributed by atoms with Gasteiger partial charge in [0.15, 0.2) is 0 Å². The summed E-state index contributed by atoms with van der Waals surface area (Å²) in [7, 11) is 0. The van der Waals surface area contributed by atoms with Gasteiger partial charge in [-0.25, -0.2) is 0 Å². The molecule has 2 heterocycles. The van der Waals surface area contributed by atoms with Crippen LogP contribution in [0.4, 0.5) is 0 Å². The number of rotatable bonds is 5. The molecule has 10 atom stereocenters. The lowest BCUT2D eigenvalue weighted by Crippen LogP contribution is -2.55. The van der Waals surface area contributed by atoms with Crippen molar-refractivity contribution < 1.29 is 50.3 Å². The van der Waals surface area contributed by atoms with E-state index >= 15 is 0 Å². The van der Waals surface area contributed by atoms with Crippen molar-refractivity contribution in [1.82, 2.24) is 0 Å². The molecule has 10 nitrogen and oxygen atoms in total. The van der Waals surface area contributed by atoms with Crippen molar-refractivity contribution in [3.05, 3.63) is 59.2 Å². The topological polar surface area (TPSA) is 180 Å². The molecule has 2 aliphatic heterocycles. The van der Waals surface area contributed by atoms with Crippen LogP contribution >= 0.6 is 0 Å².